The van der Waals surface area contributed by atoms with Gasteiger partial charge in [-0.2, -0.15) is 4.31 Å². The Balaban J connectivity index is 2.27. The van der Waals surface area contributed by atoms with Crippen LogP contribution in [-0.4, -0.2) is 39.2 Å². The van der Waals surface area contributed by atoms with Crippen LogP contribution in [0.4, 0.5) is 11.4 Å². The first-order valence-corrected chi connectivity index (χ1v) is 12.9. The van der Waals surface area contributed by atoms with Crippen LogP contribution in [0.3, 0.4) is 0 Å². The number of nitrogens with zero attached hydrogens (tertiary/aromatic N) is 2. The van der Waals surface area contributed by atoms with E-state index in [1.54, 1.807) is 0 Å². The van der Waals surface area contributed by atoms with Gasteiger partial charge in [0.2, 0.25) is 10.0 Å². The monoisotopic (exact) mass is 469 g/mol. The molecule has 0 saturated heterocycles. The van der Waals surface area contributed by atoms with Crippen molar-refractivity contribution in [2.24, 2.45) is 0 Å². The van der Waals surface area contributed by atoms with E-state index in [9.17, 15) is 26.9 Å². The lowest BCUT2D eigenvalue weighted by Crippen LogP contribution is -2.33. The minimum Gasteiger partial charge on any atom is -0.279 e. The zero-order valence-electron chi connectivity index (χ0n) is 17.5. The number of nitrogens with one attached hydrogen (secondary N) is 1. The fourth-order valence-electron chi connectivity index (χ4n) is 2.91. The van der Waals surface area contributed by atoms with E-state index in [2.05, 4.69) is 4.72 Å². The van der Waals surface area contributed by atoms with Crippen molar-refractivity contribution in [3.63, 3.8) is 0 Å². The summed E-state index contributed by atoms with van der Waals surface area (Å²) in [6.07, 6.45) is 3.22. The van der Waals surface area contributed by atoms with Crippen LogP contribution < -0.4 is 4.72 Å². The summed E-state index contributed by atoms with van der Waals surface area (Å²) in [5, 5.41) is 11.1. The molecule has 0 aliphatic heterocycles. The third-order valence-corrected chi connectivity index (χ3v) is 7.96. The normalized spacial score (nSPS) is 12.1. The Morgan fingerprint density at radius 2 is 1.45 bits per heavy atom. The SMILES string of the molecule is CCCCN(CCCC)S(=O)(=O)c1ccc(NS(=O)(=O)c2ccccc2[N+](=O)[O-])cc1. The van der Waals surface area contributed by atoms with Gasteiger partial charge in [0.05, 0.1) is 9.82 Å². The van der Waals surface area contributed by atoms with Crippen molar-refractivity contribution in [2.45, 2.75) is 49.3 Å². The van der Waals surface area contributed by atoms with Gasteiger partial charge in [-0.05, 0) is 43.2 Å². The van der Waals surface area contributed by atoms with Crippen molar-refractivity contribution in [2.75, 3.05) is 17.8 Å². The number of nitro benzene ring substituents is 1. The molecule has 2 aromatic rings. The van der Waals surface area contributed by atoms with Crippen LogP contribution in [0.15, 0.2) is 58.3 Å². The smallest absolute Gasteiger partial charge is 0.279 e. The summed E-state index contributed by atoms with van der Waals surface area (Å²) in [6.45, 7) is 4.82. The van der Waals surface area contributed by atoms with Crippen molar-refractivity contribution in [1.82, 2.24) is 4.31 Å². The van der Waals surface area contributed by atoms with Crippen molar-refractivity contribution in [3.05, 3.63) is 58.6 Å². The van der Waals surface area contributed by atoms with E-state index < -0.39 is 35.6 Å². The molecule has 0 aromatic heterocycles. The highest BCUT2D eigenvalue weighted by Crippen LogP contribution is 2.26. The van der Waals surface area contributed by atoms with E-state index in [-0.39, 0.29) is 10.6 Å². The second kappa shape index (κ2) is 10.7. The second-order valence-corrected chi connectivity index (χ2v) is 10.6. The Morgan fingerprint density at radius 1 is 0.903 bits per heavy atom. The molecule has 0 spiro atoms. The number of sulfonamides is 2. The Labute approximate surface area is 183 Å². The lowest BCUT2D eigenvalue weighted by Gasteiger charge is -2.22. The molecule has 170 valence electrons. The van der Waals surface area contributed by atoms with Crippen LogP contribution in [0.5, 0.6) is 0 Å². The molecule has 31 heavy (non-hydrogen) atoms. The third-order valence-electron chi connectivity index (χ3n) is 4.62. The van der Waals surface area contributed by atoms with Gasteiger partial charge in [0.15, 0.2) is 4.90 Å². The number of benzene rings is 2. The number of para-hydroxylation sites is 1. The van der Waals surface area contributed by atoms with E-state index in [1.165, 1.54) is 40.7 Å². The standard InChI is InChI=1S/C20H27N3O6S2/c1-3-5-15-22(16-6-4-2)31(28,29)18-13-11-17(12-14-18)21-30(26,27)20-10-8-7-9-19(20)23(24)25/h7-14,21H,3-6,15-16H2,1-2H3. The average Bonchev–Trinajstić information content (AvgIpc) is 2.73. The number of hydrogen-bond donors (Lipinski definition) is 1. The van der Waals surface area contributed by atoms with Crippen LogP contribution in [0.2, 0.25) is 0 Å². The maximum atomic E-state index is 13.0. The summed E-state index contributed by atoms with van der Waals surface area (Å²) in [5.74, 6) is 0. The summed E-state index contributed by atoms with van der Waals surface area (Å²) in [5.41, 5.74) is -0.442. The number of unbranched alkanes of at least 4 members (excludes halogenated alkanes) is 2. The molecular formula is C20H27N3O6S2. The molecule has 0 heterocycles. The Bertz CT molecular complexity index is 1090. The molecule has 0 aliphatic rings. The molecule has 0 fully saturated rings. The molecule has 2 aromatic carbocycles. The van der Waals surface area contributed by atoms with Gasteiger partial charge in [-0.1, -0.05) is 38.8 Å². The number of rotatable bonds is 12. The van der Waals surface area contributed by atoms with Crippen LogP contribution in [0.1, 0.15) is 39.5 Å². The van der Waals surface area contributed by atoms with Crippen LogP contribution in [-0.2, 0) is 20.0 Å². The Hall–Kier alpha value is -2.50. The topological polar surface area (TPSA) is 127 Å². The number of anilines is 1. The van der Waals surface area contributed by atoms with E-state index in [1.807, 2.05) is 13.8 Å². The summed E-state index contributed by atoms with van der Waals surface area (Å²) in [7, 11) is -7.94. The largest absolute Gasteiger partial charge is 0.289 e. The molecule has 1 N–H and O–H groups in total. The first-order chi connectivity index (χ1) is 14.6. The molecule has 0 atom stereocenters. The van der Waals surface area contributed by atoms with E-state index in [0.717, 1.165) is 37.8 Å². The van der Waals surface area contributed by atoms with E-state index in [4.69, 9.17) is 0 Å². The lowest BCUT2D eigenvalue weighted by molar-refractivity contribution is -0.387. The maximum absolute atomic E-state index is 13.0. The molecule has 9 nitrogen and oxygen atoms in total. The molecule has 0 radical (unpaired) electrons. The zero-order valence-corrected chi connectivity index (χ0v) is 19.2. The van der Waals surface area contributed by atoms with Crippen molar-refractivity contribution in [3.8, 4) is 0 Å². The summed E-state index contributed by atoms with van der Waals surface area (Å²) < 4.78 is 54.9. The predicted octanol–water partition coefficient (Wildman–Crippen LogP) is 3.99. The highest BCUT2D eigenvalue weighted by atomic mass is 32.2. The molecule has 2 rings (SSSR count). The van der Waals surface area contributed by atoms with Crippen molar-refractivity contribution < 1.29 is 21.8 Å². The van der Waals surface area contributed by atoms with E-state index in [0.29, 0.717) is 13.1 Å². The minimum absolute atomic E-state index is 0.0633. The predicted molar refractivity (Wildman–Crippen MR) is 119 cm³/mol. The number of nitro groups is 1. The number of hydrogen-bond acceptors (Lipinski definition) is 6. The van der Waals surface area contributed by atoms with Gasteiger partial charge in [0, 0.05) is 24.8 Å². The maximum Gasteiger partial charge on any atom is 0.289 e. The molecule has 11 heteroatoms. The van der Waals surface area contributed by atoms with E-state index >= 15 is 0 Å². The quantitative estimate of drug-likeness (QED) is 0.370. The van der Waals surface area contributed by atoms with Crippen LogP contribution in [0.25, 0.3) is 0 Å². The van der Waals surface area contributed by atoms with Crippen molar-refractivity contribution >= 4 is 31.4 Å². The highest BCUT2D eigenvalue weighted by Gasteiger charge is 2.26. The van der Waals surface area contributed by atoms with Gasteiger partial charge in [-0.15, -0.1) is 0 Å². The lowest BCUT2D eigenvalue weighted by atomic mass is 10.3. The molecule has 0 unspecified atom stereocenters. The summed E-state index contributed by atoms with van der Waals surface area (Å²) in [4.78, 5) is 9.95. The second-order valence-electron chi connectivity index (χ2n) is 6.97. The summed E-state index contributed by atoms with van der Waals surface area (Å²) >= 11 is 0. The molecule has 0 aliphatic carbocycles. The molecule has 0 bridgehead atoms. The fourth-order valence-corrected chi connectivity index (χ4v) is 5.66. The van der Waals surface area contributed by atoms with Gasteiger partial charge < -0.3 is 0 Å². The van der Waals surface area contributed by atoms with Gasteiger partial charge >= 0.3 is 0 Å². The fraction of sp³-hybridized carbons (Fsp3) is 0.400. The average molecular weight is 470 g/mol. The molecule has 0 amide bonds. The highest BCUT2D eigenvalue weighted by molar-refractivity contribution is 7.93. The van der Waals surface area contributed by atoms with Gasteiger partial charge in [-0.25, -0.2) is 16.8 Å². The third kappa shape index (κ3) is 6.25. The Kier molecular flexibility index (Phi) is 8.54. The summed E-state index contributed by atoms with van der Waals surface area (Å²) in [6, 6.07) is 10.3. The van der Waals surface area contributed by atoms with Gasteiger partial charge in [-0.3, -0.25) is 14.8 Å². The van der Waals surface area contributed by atoms with Crippen LogP contribution >= 0.6 is 0 Å². The first-order valence-electron chi connectivity index (χ1n) is 10.00. The molecule has 0 saturated carbocycles. The first kappa shape index (κ1) is 24.8. The minimum atomic E-state index is -4.23. The molecular weight excluding hydrogens is 442 g/mol. The van der Waals surface area contributed by atoms with Gasteiger partial charge in [0.25, 0.3) is 15.7 Å². The zero-order chi connectivity index (χ0) is 23.1. The van der Waals surface area contributed by atoms with Crippen molar-refractivity contribution in [1.29, 1.82) is 0 Å². The Morgan fingerprint density at radius 3 is 1.97 bits per heavy atom. The van der Waals surface area contributed by atoms with Gasteiger partial charge in [0.1, 0.15) is 0 Å². The van der Waals surface area contributed by atoms with Crippen LogP contribution in [0, 0.1) is 10.1 Å².